The van der Waals surface area contributed by atoms with Crippen molar-refractivity contribution in [3.05, 3.63) is 73.8 Å². The minimum Gasteiger partial charge on any atom is -0.488 e. The fourth-order valence-electron chi connectivity index (χ4n) is 2.15. The summed E-state index contributed by atoms with van der Waals surface area (Å²) in [7, 11) is 3.16. The van der Waals surface area contributed by atoms with Gasteiger partial charge in [-0.2, -0.15) is 5.26 Å². The number of nitro benzene ring substituents is 1. The Hall–Kier alpha value is -3.18. The van der Waals surface area contributed by atoms with E-state index >= 15 is 0 Å². The van der Waals surface area contributed by atoms with Crippen LogP contribution < -0.4 is 4.74 Å². The van der Waals surface area contributed by atoms with Gasteiger partial charge >= 0.3 is 0 Å². The maximum Gasteiger partial charge on any atom is 0.269 e. The molecule has 0 fully saturated rings. The SMILES string of the molecule is CN(C)C(=O)C(C#N)=Cc1ccc(OCc2ccc([N+](=O)[O-])cc2)c(Br)c1. The van der Waals surface area contributed by atoms with E-state index < -0.39 is 4.92 Å². The number of benzene rings is 2. The highest BCUT2D eigenvalue weighted by molar-refractivity contribution is 9.10. The number of nitrogens with zero attached hydrogens (tertiary/aromatic N) is 3. The third kappa shape index (κ3) is 5.39. The zero-order chi connectivity index (χ0) is 20.0. The Morgan fingerprint density at radius 1 is 1.30 bits per heavy atom. The number of hydrogen-bond donors (Lipinski definition) is 0. The third-order valence-corrected chi connectivity index (χ3v) is 4.19. The van der Waals surface area contributed by atoms with Crippen molar-refractivity contribution in [3.8, 4) is 11.8 Å². The van der Waals surface area contributed by atoms with E-state index in [4.69, 9.17) is 10.00 Å². The summed E-state index contributed by atoms with van der Waals surface area (Å²) in [5.41, 5.74) is 1.53. The topological polar surface area (TPSA) is 96.5 Å². The molecule has 2 aromatic rings. The molecule has 0 heterocycles. The Morgan fingerprint density at radius 3 is 2.48 bits per heavy atom. The van der Waals surface area contributed by atoms with Crippen LogP contribution in [0.5, 0.6) is 5.75 Å². The summed E-state index contributed by atoms with van der Waals surface area (Å²) in [6.07, 6.45) is 1.51. The highest BCUT2D eigenvalue weighted by Gasteiger charge is 2.12. The van der Waals surface area contributed by atoms with Gasteiger partial charge in [-0.1, -0.05) is 6.07 Å². The van der Waals surface area contributed by atoms with Crippen molar-refractivity contribution < 1.29 is 14.5 Å². The van der Waals surface area contributed by atoms with Crippen LogP contribution in [0.25, 0.3) is 6.08 Å². The first-order valence-corrected chi connectivity index (χ1v) is 8.60. The van der Waals surface area contributed by atoms with Crippen LogP contribution in [0.15, 0.2) is 52.5 Å². The number of halogens is 1. The predicted molar refractivity (Wildman–Crippen MR) is 104 cm³/mol. The summed E-state index contributed by atoms with van der Waals surface area (Å²) in [4.78, 5) is 23.5. The van der Waals surface area contributed by atoms with Crippen LogP contribution in [0.4, 0.5) is 5.69 Å². The molecule has 0 saturated heterocycles. The molecule has 0 N–H and O–H groups in total. The van der Waals surface area contributed by atoms with Gasteiger partial charge in [0.2, 0.25) is 0 Å². The molecule has 0 bridgehead atoms. The number of ether oxygens (including phenoxy) is 1. The van der Waals surface area contributed by atoms with Gasteiger partial charge in [-0.05, 0) is 57.4 Å². The molecule has 0 aliphatic rings. The van der Waals surface area contributed by atoms with Crippen molar-refractivity contribution in [2.24, 2.45) is 0 Å². The largest absolute Gasteiger partial charge is 0.488 e. The van der Waals surface area contributed by atoms with Gasteiger partial charge in [0.1, 0.15) is 24.0 Å². The minimum atomic E-state index is -0.454. The minimum absolute atomic E-state index is 0.0247. The molecule has 1 amide bonds. The van der Waals surface area contributed by atoms with Crippen LogP contribution in [0.2, 0.25) is 0 Å². The van der Waals surface area contributed by atoms with Crippen LogP contribution in [0.3, 0.4) is 0 Å². The lowest BCUT2D eigenvalue weighted by molar-refractivity contribution is -0.384. The van der Waals surface area contributed by atoms with E-state index in [1.807, 2.05) is 6.07 Å². The second-order valence-corrected chi connectivity index (χ2v) is 6.63. The predicted octanol–water partition coefficient (Wildman–Crippen LogP) is 3.93. The first-order chi connectivity index (χ1) is 12.8. The molecule has 0 spiro atoms. The molecular formula is C19H16BrN3O4. The molecule has 0 atom stereocenters. The van der Waals surface area contributed by atoms with Crippen molar-refractivity contribution in [1.29, 1.82) is 5.26 Å². The van der Waals surface area contributed by atoms with Gasteiger partial charge in [0.15, 0.2) is 0 Å². The number of carbonyl (C=O) groups is 1. The molecule has 0 aliphatic carbocycles. The smallest absolute Gasteiger partial charge is 0.269 e. The number of nitro groups is 1. The first-order valence-electron chi connectivity index (χ1n) is 7.81. The number of non-ortho nitro benzene ring substituents is 1. The van der Waals surface area contributed by atoms with E-state index in [2.05, 4.69) is 15.9 Å². The number of likely N-dealkylation sites (N-methyl/N-ethyl adjacent to an activating group) is 1. The van der Waals surface area contributed by atoms with Gasteiger partial charge in [-0.3, -0.25) is 14.9 Å². The molecular weight excluding hydrogens is 414 g/mol. The van der Waals surface area contributed by atoms with E-state index in [1.165, 1.54) is 23.1 Å². The van der Waals surface area contributed by atoms with E-state index in [9.17, 15) is 14.9 Å². The van der Waals surface area contributed by atoms with E-state index in [0.717, 1.165) is 5.56 Å². The molecule has 0 unspecified atom stereocenters. The molecule has 0 aliphatic heterocycles. The Bertz CT molecular complexity index is 931. The lowest BCUT2D eigenvalue weighted by Crippen LogP contribution is -2.22. The Balaban J connectivity index is 2.11. The van der Waals surface area contributed by atoms with Gasteiger partial charge in [0.25, 0.3) is 11.6 Å². The maximum atomic E-state index is 11.9. The highest BCUT2D eigenvalue weighted by atomic mass is 79.9. The Kier molecular flexibility index (Phi) is 6.68. The molecule has 7 nitrogen and oxygen atoms in total. The highest BCUT2D eigenvalue weighted by Crippen LogP contribution is 2.28. The van der Waals surface area contributed by atoms with Crippen LogP contribution >= 0.6 is 15.9 Å². The van der Waals surface area contributed by atoms with Gasteiger partial charge < -0.3 is 9.64 Å². The van der Waals surface area contributed by atoms with Crippen LogP contribution in [-0.2, 0) is 11.4 Å². The van der Waals surface area contributed by atoms with Gasteiger partial charge in [-0.15, -0.1) is 0 Å². The zero-order valence-electron chi connectivity index (χ0n) is 14.7. The summed E-state index contributed by atoms with van der Waals surface area (Å²) < 4.78 is 6.38. The number of amides is 1. The molecule has 2 rings (SSSR count). The summed E-state index contributed by atoms with van der Waals surface area (Å²) in [5.74, 6) is 0.204. The Labute approximate surface area is 164 Å². The molecule has 0 aromatic heterocycles. The second-order valence-electron chi connectivity index (χ2n) is 5.77. The average Bonchev–Trinajstić information content (AvgIpc) is 2.65. The summed E-state index contributed by atoms with van der Waals surface area (Å²) in [5, 5.41) is 19.8. The van der Waals surface area contributed by atoms with Crippen LogP contribution in [0.1, 0.15) is 11.1 Å². The standard InChI is InChI=1S/C19H16BrN3O4/c1-22(2)19(24)15(11-21)9-14-5-8-18(17(20)10-14)27-12-13-3-6-16(7-4-13)23(25)26/h3-10H,12H2,1-2H3. The molecule has 8 heteroatoms. The molecule has 138 valence electrons. The van der Waals surface area contributed by atoms with E-state index in [0.29, 0.717) is 15.8 Å². The molecule has 27 heavy (non-hydrogen) atoms. The van der Waals surface area contributed by atoms with Crippen LogP contribution in [-0.4, -0.2) is 29.8 Å². The Morgan fingerprint density at radius 2 is 1.96 bits per heavy atom. The number of nitriles is 1. The fourth-order valence-corrected chi connectivity index (χ4v) is 2.66. The van der Waals surface area contributed by atoms with Crippen LogP contribution in [0, 0.1) is 21.4 Å². The fraction of sp³-hybridized carbons (Fsp3) is 0.158. The van der Waals surface area contributed by atoms with Crippen molar-refractivity contribution in [2.75, 3.05) is 14.1 Å². The first kappa shape index (κ1) is 20.1. The van der Waals surface area contributed by atoms with Gasteiger partial charge in [0.05, 0.1) is 9.40 Å². The number of hydrogen-bond acceptors (Lipinski definition) is 5. The lowest BCUT2D eigenvalue weighted by atomic mass is 10.1. The van der Waals surface area contributed by atoms with Crippen molar-refractivity contribution in [3.63, 3.8) is 0 Å². The second kappa shape index (κ2) is 8.96. The van der Waals surface area contributed by atoms with E-state index in [1.54, 1.807) is 44.4 Å². The normalized spacial score (nSPS) is 10.8. The quantitative estimate of drug-likeness (QED) is 0.300. The number of carbonyl (C=O) groups excluding carboxylic acids is 1. The lowest BCUT2D eigenvalue weighted by Gasteiger charge is -2.10. The van der Waals surface area contributed by atoms with Crippen molar-refractivity contribution >= 4 is 33.6 Å². The third-order valence-electron chi connectivity index (χ3n) is 3.57. The molecule has 0 saturated carbocycles. The van der Waals surface area contributed by atoms with Crippen molar-refractivity contribution in [1.82, 2.24) is 4.90 Å². The summed E-state index contributed by atoms with van der Waals surface area (Å²) in [6, 6.07) is 13.2. The monoisotopic (exact) mass is 429 g/mol. The zero-order valence-corrected chi connectivity index (χ0v) is 16.3. The van der Waals surface area contributed by atoms with Crippen molar-refractivity contribution in [2.45, 2.75) is 6.61 Å². The number of rotatable bonds is 6. The average molecular weight is 430 g/mol. The van der Waals surface area contributed by atoms with Gasteiger partial charge in [0, 0.05) is 26.2 Å². The summed E-state index contributed by atoms with van der Waals surface area (Å²) in [6.45, 7) is 0.244. The molecule has 0 radical (unpaired) electrons. The van der Waals surface area contributed by atoms with Gasteiger partial charge in [-0.25, -0.2) is 0 Å². The maximum absolute atomic E-state index is 11.9. The van der Waals surface area contributed by atoms with E-state index in [-0.39, 0.29) is 23.8 Å². The molecule has 2 aromatic carbocycles. The summed E-state index contributed by atoms with van der Waals surface area (Å²) >= 11 is 3.41.